The molecule has 1 aliphatic heterocycles. The lowest BCUT2D eigenvalue weighted by atomic mass is 9.81. The van der Waals surface area contributed by atoms with E-state index in [0.717, 1.165) is 42.5 Å². The van der Waals surface area contributed by atoms with Crippen LogP contribution in [0, 0.1) is 25.7 Å². The van der Waals surface area contributed by atoms with Gasteiger partial charge in [0.05, 0.1) is 17.5 Å². The third-order valence-corrected chi connectivity index (χ3v) is 4.43. The molecule has 2 aliphatic rings. The van der Waals surface area contributed by atoms with Gasteiger partial charge in [0.2, 0.25) is 11.8 Å². The molecule has 0 aromatic heterocycles. The zero-order valence-electron chi connectivity index (χ0n) is 11.5. The molecule has 0 bridgehead atoms. The number of imide groups is 1. The number of carbonyl (C=O) groups excluding carboxylic acids is 2. The van der Waals surface area contributed by atoms with Gasteiger partial charge in [-0.1, -0.05) is 30.5 Å². The van der Waals surface area contributed by atoms with Crippen molar-refractivity contribution >= 4 is 17.5 Å². The Kier molecular flexibility index (Phi) is 2.92. The van der Waals surface area contributed by atoms with Crippen LogP contribution in [0.5, 0.6) is 0 Å². The summed E-state index contributed by atoms with van der Waals surface area (Å²) in [5.41, 5.74) is 2.92. The fourth-order valence-corrected chi connectivity index (χ4v) is 3.46. The van der Waals surface area contributed by atoms with Crippen molar-refractivity contribution in [2.24, 2.45) is 11.8 Å². The Balaban J connectivity index is 2.00. The molecule has 3 nitrogen and oxygen atoms in total. The molecule has 19 heavy (non-hydrogen) atoms. The molecule has 1 saturated heterocycles. The molecule has 1 aromatic rings. The average Bonchev–Trinajstić information content (AvgIpc) is 2.64. The first-order valence-corrected chi connectivity index (χ1v) is 7.04. The third-order valence-electron chi connectivity index (χ3n) is 4.43. The first-order valence-electron chi connectivity index (χ1n) is 7.04. The highest BCUT2D eigenvalue weighted by molar-refractivity contribution is 6.22. The maximum Gasteiger partial charge on any atom is 0.237 e. The molecular weight excluding hydrogens is 238 g/mol. The molecule has 0 radical (unpaired) electrons. The summed E-state index contributed by atoms with van der Waals surface area (Å²) in [6.07, 6.45) is 3.88. The Bertz CT molecular complexity index is 526. The summed E-state index contributed by atoms with van der Waals surface area (Å²) in [6, 6.07) is 5.89. The number of benzene rings is 1. The van der Waals surface area contributed by atoms with Gasteiger partial charge in [-0.15, -0.1) is 0 Å². The van der Waals surface area contributed by atoms with E-state index in [4.69, 9.17) is 0 Å². The van der Waals surface area contributed by atoms with Crippen molar-refractivity contribution in [1.82, 2.24) is 0 Å². The van der Waals surface area contributed by atoms with Crippen molar-refractivity contribution in [1.29, 1.82) is 0 Å². The SMILES string of the molecule is Cc1ccc(N2C(=O)[C@@H]3CCCC[C@H]3C2=O)c(C)c1. The van der Waals surface area contributed by atoms with Crippen LogP contribution in [0.2, 0.25) is 0 Å². The Morgan fingerprint density at radius 3 is 2.11 bits per heavy atom. The molecule has 3 rings (SSSR count). The van der Waals surface area contributed by atoms with Crippen molar-refractivity contribution in [2.45, 2.75) is 39.5 Å². The van der Waals surface area contributed by atoms with Crippen LogP contribution in [0.15, 0.2) is 18.2 Å². The average molecular weight is 257 g/mol. The van der Waals surface area contributed by atoms with E-state index in [9.17, 15) is 9.59 Å². The monoisotopic (exact) mass is 257 g/mol. The van der Waals surface area contributed by atoms with Crippen LogP contribution < -0.4 is 4.90 Å². The van der Waals surface area contributed by atoms with Crippen LogP contribution in [0.4, 0.5) is 5.69 Å². The van der Waals surface area contributed by atoms with Crippen molar-refractivity contribution in [3.05, 3.63) is 29.3 Å². The quantitative estimate of drug-likeness (QED) is 0.725. The van der Waals surface area contributed by atoms with Crippen molar-refractivity contribution in [3.63, 3.8) is 0 Å². The number of hydrogen-bond donors (Lipinski definition) is 0. The van der Waals surface area contributed by atoms with E-state index in [1.807, 2.05) is 32.0 Å². The fourth-order valence-electron chi connectivity index (χ4n) is 3.46. The Labute approximate surface area is 113 Å². The molecule has 0 spiro atoms. The minimum Gasteiger partial charge on any atom is -0.274 e. The second kappa shape index (κ2) is 4.48. The highest BCUT2D eigenvalue weighted by Gasteiger charge is 2.48. The Hall–Kier alpha value is -1.64. The summed E-state index contributed by atoms with van der Waals surface area (Å²) in [6.45, 7) is 3.98. The number of amides is 2. The summed E-state index contributed by atoms with van der Waals surface area (Å²) >= 11 is 0. The summed E-state index contributed by atoms with van der Waals surface area (Å²) < 4.78 is 0. The van der Waals surface area contributed by atoms with Gasteiger partial charge >= 0.3 is 0 Å². The van der Waals surface area contributed by atoms with Gasteiger partial charge in [-0.3, -0.25) is 9.59 Å². The first-order chi connectivity index (χ1) is 9.09. The van der Waals surface area contributed by atoms with Gasteiger partial charge in [-0.2, -0.15) is 0 Å². The van der Waals surface area contributed by atoms with Gasteiger partial charge in [-0.25, -0.2) is 4.90 Å². The van der Waals surface area contributed by atoms with Crippen LogP contribution in [-0.2, 0) is 9.59 Å². The summed E-state index contributed by atoms with van der Waals surface area (Å²) in [4.78, 5) is 26.4. The lowest BCUT2D eigenvalue weighted by molar-refractivity contribution is -0.122. The topological polar surface area (TPSA) is 37.4 Å². The number of fused-ring (bicyclic) bond motifs is 1. The van der Waals surface area contributed by atoms with Crippen molar-refractivity contribution in [3.8, 4) is 0 Å². The lowest BCUT2D eigenvalue weighted by Crippen LogP contribution is -2.31. The summed E-state index contributed by atoms with van der Waals surface area (Å²) in [5, 5.41) is 0. The smallest absolute Gasteiger partial charge is 0.237 e. The maximum atomic E-state index is 12.5. The van der Waals surface area contributed by atoms with Crippen LogP contribution >= 0.6 is 0 Å². The number of hydrogen-bond acceptors (Lipinski definition) is 2. The number of nitrogens with zero attached hydrogens (tertiary/aromatic N) is 1. The minimum atomic E-state index is -0.0676. The van der Waals surface area contributed by atoms with Gasteiger partial charge in [0.25, 0.3) is 0 Å². The largest absolute Gasteiger partial charge is 0.274 e. The normalized spacial score (nSPS) is 26.7. The molecule has 2 atom stereocenters. The maximum absolute atomic E-state index is 12.5. The summed E-state index contributed by atoms with van der Waals surface area (Å²) in [7, 11) is 0. The number of rotatable bonds is 1. The highest BCUT2D eigenvalue weighted by Crippen LogP contribution is 2.40. The fraction of sp³-hybridized carbons (Fsp3) is 0.500. The van der Waals surface area contributed by atoms with Crippen molar-refractivity contribution in [2.75, 3.05) is 4.90 Å². The zero-order valence-corrected chi connectivity index (χ0v) is 11.5. The molecule has 1 saturated carbocycles. The molecule has 1 aliphatic carbocycles. The predicted molar refractivity (Wildman–Crippen MR) is 73.9 cm³/mol. The first kappa shape index (κ1) is 12.4. The van der Waals surface area contributed by atoms with E-state index in [-0.39, 0.29) is 23.7 Å². The minimum absolute atomic E-state index is 0.0154. The second-order valence-corrected chi connectivity index (χ2v) is 5.80. The van der Waals surface area contributed by atoms with Gasteiger partial charge in [0.15, 0.2) is 0 Å². The predicted octanol–water partition coefficient (Wildman–Crippen LogP) is 2.98. The van der Waals surface area contributed by atoms with E-state index in [2.05, 4.69) is 0 Å². The van der Waals surface area contributed by atoms with Gasteiger partial charge in [-0.05, 0) is 38.3 Å². The van der Waals surface area contributed by atoms with Gasteiger partial charge in [0.1, 0.15) is 0 Å². The van der Waals surface area contributed by atoms with Gasteiger partial charge in [0, 0.05) is 0 Å². The van der Waals surface area contributed by atoms with E-state index < -0.39 is 0 Å². The van der Waals surface area contributed by atoms with E-state index in [1.54, 1.807) is 0 Å². The molecule has 1 aromatic carbocycles. The standard InChI is InChI=1S/C16H19NO2/c1-10-7-8-14(11(2)9-10)17-15(18)12-5-3-4-6-13(12)16(17)19/h7-9,12-13H,3-6H2,1-2H3/t12-,13-/m1/s1. The van der Waals surface area contributed by atoms with E-state index in [0.29, 0.717) is 0 Å². The molecule has 2 amide bonds. The van der Waals surface area contributed by atoms with E-state index in [1.165, 1.54) is 4.90 Å². The van der Waals surface area contributed by atoms with Crippen LogP contribution in [-0.4, -0.2) is 11.8 Å². The van der Waals surface area contributed by atoms with E-state index >= 15 is 0 Å². The zero-order chi connectivity index (χ0) is 13.6. The molecule has 3 heteroatoms. The second-order valence-electron chi connectivity index (χ2n) is 5.80. The number of carbonyl (C=O) groups is 2. The number of anilines is 1. The lowest BCUT2D eigenvalue weighted by Gasteiger charge is -2.19. The summed E-state index contributed by atoms with van der Waals surface area (Å²) in [5.74, 6) is -0.104. The van der Waals surface area contributed by atoms with Crippen LogP contribution in [0.3, 0.4) is 0 Å². The third kappa shape index (κ3) is 1.88. The molecule has 1 heterocycles. The number of aryl methyl sites for hydroxylation is 2. The molecular formula is C16H19NO2. The Morgan fingerprint density at radius 2 is 1.58 bits per heavy atom. The molecule has 0 unspecified atom stereocenters. The molecule has 0 N–H and O–H groups in total. The Morgan fingerprint density at radius 1 is 1.00 bits per heavy atom. The van der Waals surface area contributed by atoms with Gasteiger partial charge < -0.3 is 0 Å². The van der Waals surface area contributed by atoms with Crippen molar-refractivity contribution < 1.29 is 9.59 Å². The molecule has 2 fully saturated rings. The molecule has 100 valence electrons. The highest BCUT2D eigenvalue weighted by atomic mass is 16.2. The van der Waals surface area contributed by atoms with Crippen LogP contribution in [0.25, 0.3) is 0 Å². The van der Waals surface area contributed by atoms with Crippen LogP contribution in [0.1, 0.15) is 36.8 Å².